The lowest BCUT2D eigenvalue weighted by Crippen LogP contribution is -2.45. The molecule has 102 valence electrons. The molecule has 18 heavy (non-hydrogen) atoms. The molecule has 1 N–H and O–H groups in total. The molecular formula is C14H24N2OS. The second kappa shape index (κ2) is 7.22. The van der Waals surface area contributed by atoms with E-state index in [1.54, 1.807) is 11.8 Å². The maximum absolute atomic E-state index is 5.77. The molecule has 0 saturated carbocycles. The maximum atomic E-state index is 5.77. The predicted molar refractivity (Wildman–Crippen MR) is 77.9 cm³/mol. The third-order valence-electron chi connectivity index (χ3n) is 3.52. The Kier molecular flexibility index (Phi) is 5.60. The van der Waals surface area contributed by atoms with Crippen LogP contribution in [-0.4, -0.2) is 36.8 Å². The van der Waals surface area contributed by atoms with E-state index in [1.807, 2.05) is 0 Å². The van der Waals surface area contributed by atoms with Crippen LogP contribution in [0, 0.1) is 0 Å². The summed E-state index contributed by atoms with van der Waals surface area (Å²) in [6.07, 6.45) is 4.69. The molecule has 2 heterocycles. The fraction of sp³-hybridized carbons (Fsp3) is 0.714. The van der Waals surface area contributed by atoms with Gasteiger partial charge in [0.25, 0.3) is 0 Å². The lowest BCUT2D eigenvalue weighted by Gasteiger charge is -2.32. The highest BCUT2D eigenvalue weighted by Crippen LogP contribution is 2.14. The van der Waals surface area contributed by atoms with Crippen molar-refractivity contribution in [3.05, 3.63) is 23.7 Å². The summed E-state index contributed by atoms with van der Waals surface area (Å²) in [7, 11) is 0. The van der Waals surface area contributed by atoms with Gasteiger partial charge in [-0.2, -0.15) is 11.8 Å². The quantitative estimate of drug-likeness (QED) is 0.859. The van der Waals surface area contributed by atoms with Gasteiger partial charge in [-0.05, 0) is 44.3 Å². The summed E-state index contributed by atoms with van der Waals surface area (Å²) in [5, 5.41) is 3.62. The van der Waals surface area contributed by atoms with E-state index < -0.39 is 0 Å². The molecule has 0 spiro atoms. The van der Waals surface area contributed by atoms with Gasteiger partial charge in [0.05, 0.1) is 12.3 Å². The van der Waals surface area contributed by atoms with Crippen LogP contribution in [0.25, 0.3) is 0 Å². The first kappa shape index (κ1) is 14.0. The number of likely N-dealkylation sites (tertiary alicyclic amines) is 1. The largest absolute Gasteiger partial charge is 0.464 e. The first-order valence-electron chi connectivity index (χ1n) is 6.84. The van der Waals surface area contributed by atoms with Crippen molar-refractivity contribution in [2.45, 2.75) is 38.1 Å². The van der Waals surface area contributed by atoms with Crippen molar-refractivity contribution < 1.29 is 4.42 Å². The van der Waals surface area contributed by atoms with Crippen LogP contribution in [0.5, 0.6) is 0 Å². The first-order chi connectivity index (χ1) is 8.81. The molecule has 4 heteroatoms. The van der Waals surface area contributed by atoms with E-state index in [2.05, 4.69) is 35.5 Å². The zero-order valence-corrected chi connectivity index (χ0v) is 12.3. The van der Waals surface area contributed by atoms with Crippen molar-refractivity contribution in [1.82, 2.24) is 10.2 Å². The highest BCUT2D eigenvalue weighted by atomic mass is 32.2. The van der Waals surface area contributed by atoms with Crippen molar-refractivity contribution in [2.75, 3.05) is 25.9 Å². The summed E-state index contributed by atoms with van der Waals surface area (Å²) in [6.45, 7) is 6.69. The summed E-state index contributed by atoms with van der Waals surface area (Å²) in [5.41, 5.74) is 0. The Bertz CT molecular complexity index is 353. The average molecular weight is 268 g/mol. The van der Waals surface area contributed by atoms with E-state index in [0.717, 1.165) is 30.4 Å². The molecule has 0 aromatic carbocycles. The third-order valence-corrected chi connectivity index (χ3v) is 4.09. The smallest absolute Gasteiger partial charge is 0.118 e. The van der Waals surface area contributed by atoms with Gasteiger partial charge in [-0.25, -0.2) is 0 Å². The van der Waals surface area contributed by atoms with E-state index in [1.165, 1.54) is 25.9 Å². The number of nitrogens with zero attached hydrogens (tertiary/aromatic N) is 1. The van der Waals surface area contributed by atoms with Crippen LogP contribution >= 0.6 is 11.8 Å². The summed E-state index contributed by atoms with van der Waals surface area (Å²) in [6, 6.07) is 4.80. The topological polar surface area (TPSA) is 28.4 Å². The SMILES string of the molecule is CCN1CCCC(NCc2ccc(CSC)o2)C1. The standard InChI is InChI=1S/C14H24N2OS/c1-3-16-8-4-5-12(10-16)15-9-13-6-7-14(17-13)11-18-2/h6-7,12,15H,3-5,8-11H2,1-2H3. The Hall–Kier alpha value is -0.450. The fourth-order valence-electron chi connectivity index (χ4n) is 2.49. The number of hydrogen-bond acceptors (Lipinski definition) is 4. The lowest BCUT2D eigenvalue weighted by molar-refractivity contribution is 0.196. The van der Waals surface area contributed by atoms with Crippen LogP contribution in [-0.2, 0) is 12.3 Å². The van der Waals surface area contributed by atoms with Crippen LogP contribution in [0.3, 0.4) is 0 Å². The Morgan fingerprint density at radius 1 is 1.44 bits per heavy atom. The predicted octanol–water partition coefficient (Wildman–Crippen LogP) is 2.72. The first-order valence-corrected chi connectivity index (χ1v) is 8.23. The van der Waals surface area contributed by atoms with Gasteiger partial charge in [0.15, 0.2) is 0 Å². The molecule has 0 aliphatic carbocycles. The summed E-state index contributed by atoms with van der Waals surface area (Å²) < 4.78 is 5.77. The maximum Gasteiger partial charge on any atom is 0.118 e. The summed E-state index contributed by atoms with van der Waals surface area (Å²) >= 11 is 1.80. The van der Waals surface area contributed by atoms with Gasteiger partial charge in [0, 0.05) is 12.6 Å². The monoisotopic (exact) mass is 268 g/mol. The van der Waals surface area contributed by atoms with Gasteiger partial charge >= 0.3 is 0 Å². The highest BCUT2D eigenvalue weighted by Gasteiger charge is 2.18. The molecule has 2 rings (SSSR count). The number of piperidine rings is 1. The Morgan fingerprint density at radius 3 is 3.06 bits per heavy atom. The highest BCUT2D eigenvalue weighted by molar-refractivity contribution is 7.97. The fourth-order valence-corrected chi connectivity index (χ4v) is 2.93. The Morgan fingerprint density at radius 2 is 2.28 bits per heavy atom. The minimum absolute atomic E-state index is 0.618. The molecule has 0 bridgehead atoms. The van der Waals surface area contributed by atoms with Gasteiger partial charge in [-0.1, -0.05) is 6.92 Å². The second-order valence-electron chi connectivity index (χ2n) is 4.91. The van der Waals surface area contributed by atoms with E-state index in [9.17, 15) is 0 Å². The van der Waals surface area contributed by atoms with Gasteiger partial charge < -0.3 is 14.6 Å². The lowest BCUT2D eigenvalue weighted by atomic mass is 10.1. The minimum Gasteiger partial charge on any atom is -0.464 e. The van der Waals surface area contributed by atoms with Crippen molar-refractivity contribution >= 4 is 11.8 Å². The number of hydrogen-bond donors (Lipinski definition) is 1. The van der Waals surface area contributed by atoms with Crippen molar-refractivity contribution in [3.8, 4) is 0 Å². The van der Waals surface area contributed by atoms with Crippen LogP contribution in [0.2, 0.25) is 0 Å². The average Bonchev–Trinajstić information content (AvgIpc) is 2.85. The zero-order valence-electron chi connectivity index (χ0n) is 11.4. The molecule has 1 fully saturated rings. The number of likely N-dealkylation sites (N-methyl/N-ethyl adjacent to an activating group) is 1. The van der Waals surface area contributed by atoms with E-state index in [4.69, 9.17) is 4.42 Å². The van der Waals surface area contributed by atoms with E-state index in [-0.39, 0.29) is 0 Å². The number of thioether (sulfide) groups is 1. The van der Waals surface area contributed by atoms with Crippen LogP contribution in [0.4, 0.5) is 0 Å². The number of furan rings is 1. The molecule has 3 nitrogen and oxygen atoms in total. The zero-order chi connectivity index (χ0) is 12.8. The molecule has 1 aromatic heterocycles. The summed E-state index contributed by atoms with van der Waals surface area (Å²) in [5.74, 6) is 3.11. The van der Waals surface area contributed by atoms with Gasteiger partial charge in [-0.15, -0.1) is 0 Å². The molecule has 0 radical (unpaired) electrons. The van der Waals surface area contributed by atoms with Crippen LogP contribution in [0.1, 0.15) is 31.3 Å². The third kappa shape index (κ3) is 4.04. The normalized spacial score (nSPS) is 21.3. The van der Waals surface area contributed by atoms with Crippen molar-refractivity contribution in [3.63, 3.8) is 0 Å². The van der Waals surface area contributed by atoms with Crippen molar-refractivity contribution in [2.24, 2.45) is 0 Å². The van der Waals surface area contributed by atoms with Gasteiger partial charge in [0.1, 0.15) is 11.5 Å². The molecule has 1 saturated heterocycles. The van der Waals surface area contributed by atoms with E-state index in [0.29, 0.717) is 6.04 Å². The van der Waals surface area contributed by atoms with Gasteiger partial charge in [0.2, 0.25) is 0 Å². The molecule has 1 aliphatic rings. The van der Waals surface area contributed by atoms with E-state index >= 15 is 0 Å². The van der Waals surface area contributed by atoms with Crippen LogP contribution in [0.15, 0.2) is 16.5 Å². The Labute approximate surface area is 114 Å². The van der Waals surface area contributed by atoms with Crippen molar-refractivity contribution in [1.29, 1.82) is 0 Å². The molecule has 0 amide bonds. The van der Waals surface area contributed by atoms with Crippen LogP contribution < -0.4 is 5.32 Å². The number of rotatable bonds is 6. The molecule has 1 aliphatic heterocycles. The Balaban J connectivity index is 1.76. The summed E-state index contributed by atoms with van der Waals surface area (Å²) in [4.78, 5) is 2.52. The minimum atomic E-state index is 0.618. The molecular weight excluding hydrogens is 244 g/mol. The molecule has 1 unspecified atom stereocenters. The second-order valence-corrected chi connectivity index (χ2v) is 5.78. The molecule has 1 aromatic rings. The number of nitrogens with one attached hydrogen (secondary N) is 1. The molecule has 1 atom stereocenters. The van der Waals surface area contributed by atoms with Gasteiger partial charge in [-0.3, -0.25) is 0 Å².